The van der Waals surface area contributed by atoms with Gasteiger partial charge < -0.3 is 10.6 Å². The second kappa shape index (κ2) is 10.9. The zero-order valence-corrected chi connectivity index (χ0v) is 18.1. The molecule has 31 heavy (non-hydrogen) atoms. The molecule has 1 aliphatic carbocycles. The molecule has 0 unspecified atom stereocenters. The van der Waals surface area contributed by atoms with E-state index in [1.54, 1.807) is 12.1 Å². The molecule has 1 saturated carbocycles. The minimum absolute atomic E-state index is 0.0993. The van der Waals surface area contributed by atoms with Gasteiger partial charge in [0.1, 0.15) is 17.4 Å². The van der Waals surface area contributed by atoms with E-state index in [0.29, 0.717) is 31.6 Å². The van der Waals surface area contributed by atoms with Crippen molar-refractivity contribution in [2.45, 2.75) is 57.5 Å². The highest BCUT2D eigenvalue weighted by Gasteiger charge is 2.26. The zero-order chi connectivity index (χ0) is 22.2. The van der Waals surface area contributed by atoms with E-state index in [1.807, 2.05) is 16.8 Å². The number of hydrogen-bond acceptors (Lipinski definition) is 5. The molecule has 1 heterocycles. The first-order valence-corrected chi connectivity index (χ1v) is 10.9. The Hall–Kier alpha value is -2.92. The van der Waals surface area contributed by atoms with Crippen molar-refractivity contribution in [2.75, 3.05) is 25.9 Å². The van der Waals surface area contributed by atoms with Crippen molar-refractivity contribution in [3.8, 4) is 6.07 Å². The number of nitrogens with two attached hydrogens (primary N) is 1. The van der Waals surface area contributed by atoms with E-state index in [0.717, 1.165) is 43.4 Å². The van der Waals surface area contributed by atoms with Crippen LogP contribution in [0, 0.1) is 17.1 Å². The van der Waals surface area contributed by atoms with Crippen LogP contribution in [0.15, 0.2) is 24.3 Å². The Balaban J connectivity index is 1.56. The van der Waals surface area contributed by atoms with Crippen LogP contribution in [0.2, 0.25) is 0 Å². The van der Waals surface area contributed by atoms with Gasteiger partial charge in [-0.05, 0) is 57.0 Å². The molecule has 166 valence electrons. The van der Waals surface area contributed by atoms with Gasteiger partial charge in [0.15, 0.2) is 5.82 Å². The fourth-order valence-electron chi connectivity index (χ4n) is 4.23. The maximum absolute atomic E-state index is 13.3. The van der Waals surface area contributed by atoms with Crippen LogP contribution >= 0.6 is 0 Å². The fourth-order valence-corrected chi connectivity index (χ4v) is 4.23. The molecule has 0 atom stereocenters. The minimum atomic E-state index is -0.266. The predicted molar refractivity (Wildman–Crippen MR) is 117 cm³/mol. The standard InChI is InChI=1S/C23H31FN6O/c1-29(13-5-8-21-20(14-25)23(26)28-27-21)16-22(31)30(19-6-3-2-4-7-19)15-17-9-11-18(24)12-10-17/h9-12,19H,2-8,13,15-16H2,1H3,(H3,26,27,28). The molecule has 0 aliphatic heterocycles. The first kappa shape index (κ1) is 22.8. The third-order valence-electron chi connectivity index (χ3n) is 5.95. The van der Waals surface area contributed by atoms with E-state index in [4.69, 9.17) is 11.0 Å². The first-order valence-electron chi connectivity index (χ1n) is 10.9. The fraction of sp³-hybridized carbons (Fsp3) is 0.522. The van der Waals surface area contributed by atoms with E-state index in [-0.39, 0.29) is 23.6 Å². The third kappa shape index (κ3) is 6.28. The highest BCUT2D eigenvalue weighted by molar-refractivity contribution is 5.78. The normalized spacial score (nSPS) is 14.5. The molecular formula is C23H31FN6O. The molecule has 7 nitrogen and oxygen atoms in total. The number of halogens is 1. The number of carbonyl (C=O) groups excluding carboxylic acids is 1. The maximum atomic E-state index is 13.3. The van der Waals surface area contributed by atoms with E-state index >= 15 is 0 Å². The summed E-state index contributed by atoms with van der Waals surface area (Å²) >= 11 is 0. The summed E-state index contributed by atoms with van der Waals surface area (Å²) in [7, 11) is 1.93. The number of likely N-dealkylation sites (N-methyl/N-ethyl adjacent to an activating group) is 1. The number of nitrogens with one attached hydrogen (secondary N) is 1. The van der Waals surface area contributed by atoms with Gasteiger partial charge in [-0.25, -0.2) is 4.39 Å². The molecule has 1 aromatic carbocycles. The lowest BCUT2D eigenvalue weighted by atomic mass is 9.93. The number of rotatable bonds is 9. The summed E-state index contributed by atoms with van der Waals surface area (Å²) in [5, 5.41) is 15.9. The molecule has 1 fully saturated rings. The zero-order valence-electron chi connectivity index (χ0n) is 18.1. The molecular weight excluding hydrogens is 395 g/mol. The number of aromatic nitrogens is 2. The third-order valence-corrected chi connectivity index (χ3v) is 5.95. The smallest absolute Gasteiger partial charge is 0.237 e. The molecule has 3 rings (SSSR count). The van der Waals surface area contributed by atoms with Crippen molar-refractivity contribution < 1.29 is 9.18 Å². The van der Waals surface area contributed by atoms with E-state index in [9.17, 15) is 9.18 Å². The summed E-state index contributed by atoms with van der Waals surface area (Å²) in [6.07, 6.45) is 6.97. The number of carbonyl (C=O) groups is 1. The Kier molecular flexibility index (Phi) is 8.01. The average Bonchev–Trinajstić information content (AvgIpc) is 3.13. The van der Waals surface area contributed by atoms with Crippen LogP contribution < -0.4 is 5.73 Å². The molecule has 0 bridgehead atoms. The lowest BCUT2D eigenvalue weighted by molar-refractivity contribution is -0.135. The number of benzene rings is 1. The lowest BCUT2D eigenvalue weighted by Crippen LogP contribution is -2.45. The molecule has 2 aromatic rings. The number of aryl methyl sites for hydroxylation is 1. The Bertz CT molecular complexity index is 898. The summed E-state index contributed by atoms with van der Waals surface area (Å²) in [4.78, 5) is 17.2. The van der Waals surface area contributed by atoms with Crippen LogP contribution in [0.25, 0.3) is 0 Å². The average molecular weight is 427 g/mol. The predicted octanol–water partition coefficient (Wildman–Crippen LogP) is 3.23. The SMILES string of the molecule is CN(CCCc1[nH]nc(N)c1C#N)CC(=O)N(Cc1ccc(F)cc1)C1CCCCC1. The van der Waals surface area contributed by atoms with Gasteiger partial charge in [-0.1, -0.05) is 31.4 Å². The Morgan fingerprint density at radius 3 is 2.68 bits per heavy atom. The summed E-state index contributed by atoms with van der Waals surface area (Å²) < 4.78 is 13.3. The second-order valence-electron chi connectivity index (χ2n) is 8.36. The van der Waals surface area contributed by atoms with Gasteiger partial charge in [-0.3, -0.25) is 14.8 Å². The summed E-state index contributed by atoms with van der Waals surface area (Å²) in [5.41, 5.74) is 7.77. The molecule has 0 saturated heterocycles. The number of amides is 1. The van der Waals surface area contributed by atoms with Crippen LogP contribution in [-0.2, 0) is 17.8 Å². The number of hydrogen-bond donors (Lipinski definition) is 2. The highest BCUT2D eigenvalue weighted by atomic mass is 19.1. The van der Waals surface area contributed by atoms with Crippen molar-refractivity contribution in [1.82, 2.24) is 20.0 Å². The molecule has 1 amide bonds. The topological polar surface area (TPSA) is 102 Å². The molecule has 1 aliphatic rings. The molecule has 0 radical (unpaired) electrons. The van der Waals surface area contributed by atoms with Gasteiger partial charge in [0.2, 0.25) is 5.91 Å². The highest BCUT2D eigenvalue weighted by Crippen LogP contribution is 2.24. The molecule has 1 aromatic heterocycles. The maximum Gasteiger partial charge on any atom is 0.237 e. The van der Waals surface area contributed by atoms with Gasteiger partial charge in [0, 0.05) is 12.6 Å². The number of anilines is 1. The molecule has 8 heteroatoms. The summed E-state index contributed by atoms with van der Waals surface area (Å²) in [5.74, 6) is 0.0600. The summed E-state index contributed by atoms with van der Waals surface area (Å²) in [6.45, 7) is 1.55. The van der Waals surface area contributed by atoms with E-state index in [2.05, 4.69) is 16.3 Å². The first-order chi connectivity index (χ1) is 15.0. The van der Waals surface area contributed by atoms with Gasteiger partial charge in [0.05, 0.1) is 12.2 Å². The quantitative estimate of drug-likeness (QED) is 0.641. The van der Waals surface area contributed by atoms with Gasteiger partial charge in [-0.15, -0.1) is 0 Å². The molecule has 0 spiro atoms. The van der Waals surface area contributed by atoms with Crippen molar-refractivity contribution in [3.05, 3.63) is 46.9 Å². The summed E-state index contributed by atoms with van der Waals surface area (Å²) in [6, 6.07) is 8.72. The Labute approximate surface area is 183 Å². The van der Waals surface area contributed by atoms with Crippen LogP contribution in [0.4, 0.5) is 10.2 Å². The number of nitrogen functional groups attached to an aromatic ring is 1. The number of nitrogens with zero attached hydrogens (tertiary/aromatic N) is 4. The Morgan fingerprint density at radius 2 is 2.00 bits per heavy atom. The van der Waals surface area contributed by atoms with E-state index in [1.165, 1.54) is 18.6 Å². The van der Waals surface area contributed by atoms with Crippen molar-refractivity contribution in [2.24, 2.45) is 0 Å². The molecule has 3 N–H and O–H groups in total. The van der Waals surface area contributed by atoms with Crippen LogP contribution in [0.3, 0.4) is 0 Å². The number of nitriles is 1. The van der Waals surface area contributed by atoms with Crippen LogP contribution in [0.5, 0.6) is 0 Å². The largest absolute Gasteiger partial charge is 0.381 e. The van der Waals surface area contributed by atoms with E-state index < -0.39 is 0 Å². The van der Waals surface area contributed by atoms with Crippen LogP contribution in [-0.4, -0.2) is 52.1 Å². The van der Waals surface area contributed by atoms with Gasteiger partial charge in [-0.2, -0.15) is 10.4 Å². The second-order valence-corrected chi connectivity index (χ2v) is 8.36. The van der Waals surface area contributed by atoms with Gasteiger partial charge in [0.25, 0.3) is 0 Å². The van der Waals surface area contributed by atoms with Crippen molar-refractivity contribution in [1.29, 1.82) is 5.26 Å². The van der Waals surface area contributed by atoms with Crippen LogP contribution in [0.1, 0.15) is 55.3 Å². The lowest BCUT2D eigenvalue weighted by Gasteiger charge is -2.35. The van der Waals surface area contributed by atoms with Crippen molar-refractivity contribution >= 4 is 11.7 Å². The van der Waals surface area contributed by atoms with Gasteiger partial charge >= 0.3 is 0 Å². The minimum Gasteiger partial charge on any atom is -0.381 e. The number of H-pyrrole nitrogens is 1. The Morgan fingerprint density at radius 1 is 1.29 bits per heavy atom. The number of aromatic amines is 1. The monoisotopic (exact) mass is 426 g/mol. The van der Waals surface area contributed by atoms with Crippen molar-refractivity contribution in [3.63, 3.8) is 0 Å².